The number of carbonyl (C=O) groups is 2. The number of hydrogen-bond donors (Lipinski definition) is 3. The summed E-state index contributed by atoms with van der Waals surface area (Å²) in [5, 5.41) is 5.38. The standard InChI is InChI=1S/C20H24N4O4.2ClH/c1-12-3-4-13(24-20(26)17-6-5-15(11-21)28-17)9-18(12)27-14-7-8-23-16(10-14)19(25)22-2;;/h3-4,7-10,15,17H,5-6,11,21H2,1-2H3,(H,22,25)(H,24,26);2*1H/t15-,17+;;/m1../s1. The van der Waals surface area contributed by atoms with E-state index in [1.807, 2.05) is 13.0 Å². The Morgan fingerprint density at radius 2 is 2.00 bits per heavy atom. The first-order valence-corrected chi connectivity index (χ1v) is 9.13. The summed E-state index contributed by atoms with van der Waals surface area (Å²) in [5.41, 5.74) is 7.34. The van der Waals surface area contributed by atoms with Crippen molar-refractivity contribution in [2.45, 2.75) is 32.0 Å². The summed E-state index contributed by atoms with van der Waals surface area (Å²) in [5.74, 6) is 0.552. The number of rotatable bonds is 6. The van der Waals surface area contributed by atoms with Crippen molar-refractivity contribution in [1.82, 2.24) is 10.3 Å². The van der Waals surface area contributed by atoms with Gasteiger partial charge in [-0.1, -0.05) is 6.07 Å². The number of anilines is 1. The highest BCUT2D eigenvalue weighted by Crippen LogP contribution is 2.29. The van der Waals surface area contributed by atoms with Crippen LogP contribution in [0.5, 0.6) is 11.5 Å². The topological polar surface area (TPSA) is 116 Å². The molecule has 1 fully saturated rings. The summed E-state index contributed by atoms with van der Waals surface area (Å²) in [6.45, 7) is 2.31. The molecule has 0 spiro atoms. The van der Waals surface area contributed by atoms with E-state index < -0.39 is 6.10 Å². The summed E-state index contributed by atoms with van der Waals surface area (Å²) in [6, 6.07) is 8.61. The number of amides is 2. The van der Waals surface area contributed by atoms with E-state index in [0.717, 1.165) is 12.0 Å². The van der Waals surface area contributed by atoms with Crippen LogP contribution in [-0.2, 0) is 9.53 Å². The maximum atomic E-state index is 12.4. The van der Waals surface area contributed by atoms with Crippen molar-refractivity contribution in [3.63, 3.8) is 0 Å². The normalized spacial score (nSPS) is 17.3. The molecule has 1 aliphatic heterocycles. The molecule has 0 bridgehead atoms. The molecule has 0 radical (unpaired) electrons. The lowest BCUT2D eigenvalue weighted by atomic mass is 10.1. The fourth-order valence-electron chi connectivity index (χ4n) is 2.94. The number of halogens is 2. The van der Waals surface area contributed by atoms with E-state index in [4.69, 9.17) is 15.2 Å². The van der Waals surface area contributed by atoms with Gasteiger partial charge in [0.25, 0.3) is 11.8 Å². The van der Waals surface area contributed by atoms with Gasteiger partial charge in [-0.15, -0.1) is 24.8 Å². The molecule has 2 atom stereocenters. The van der Waals surface area contributed by atoms with Crippen LogP contribution < -0.4 is 21.1 Å². The second kappa shape index (κ2) is 11.7. The van der Waals surface area contributed by atoms with E-state index in [1.165, 1.54) is 13.2 Å². The molecule has 30 heavy (non-hydrogen) atoms. The first-order valence-electron chi connectivity index (χ1n) is 9.13. The fraction of sp³-hybridized carbons (Fsp3) is 0.350. The molecule has 1 aliphatic rings. The minimum atomic E-state index is -0.491. The van der Waals surface area contributed by atoms with Crippen LogP contribution in [0.4, 0.5) is 5.69 Å². The lowest BCUT2D eigenvalue weighted by molar-refractivity contribution is -0.126. The molecular weight excluding hydrogens is 431 g/mol. The van der Waals surface area contributed by atoms with Gasteiger partial charge in [0.1, 0.15) is 23.3 Å². The number of nitrogens with two attached hydrogens (primary N) is 1. The number of nitrogens with zero attached hydrogens (tertiary/aromatic N) is 1. The summed E-state index contributed by atoms with van der Waals surface area (Å²) < 4.78 is 11.5. The number of ether oxygens (including phenoxy) is 2. The zero-order valence-corrected chi connectivity index (χ0v) is 18.3. The van der Waals surface area contributed by atoms with Gasteiger partial charge >= 0.3 is 0 Å². The summed E-state index contributed by atoms with van der Waals surface area (Å²) in [6.07, 6.45) is 2.39. The Bertz CT molecular complexity index is 882. The Kier molecular flexibility index (Phi) is 10.0. The number of aromatic nitrogens is 1. The zero-order valence-electron chi connectivity index (χ0n) is 16.7. The molecule has 2 heterocycles. The third-order valence-corrected chi connectivity index (χ3v) is 4.54. The molecule has 0 saturated carbocycles. The molecule has 4 N–H and O–H groups in total. The quantitative estimate of drug-likeness (QED) is 0.615. The molecule has 10 heteroatoms. The minimum absolute atomic E-state index is 0. The highest BCUT2D eigenvalue weighted by Gasteiger charge is 2.29. The fourth-order valence-corrected chi connectivity index (χ4v) is 2.94. The van der Waals surface area contributed by atoms with E-state index in [9.17, 15) is 9.59 Å². The Morgan fingerprint density at radius 1 is 1.23 bits per heavy atom. The predicted octanol–water partition coefficient (Wildman–Crippen LogP) is 2.83. The van der Waals surface area contributed by atoms with Crippen molar-refractivity contribution in [3.05, 3.63) is 47.8 Å². The van der Waals surface area contributed by atoms with Crippen LogP contribution in [0.15, 0.2) is 36.5 Å². The van der Waals surface area contributed by atoms with Crippen molar-refractivity contribution in [2.75, 3.05) is 18.9 Å². The van der Waals surface area contributed by atoms with Crippen molar-refractivity contribution < 1.29 is 19.1 Å². The van der Waals surface area contributed by atoms with Crippen molar-refractivity contribution in [3.8, 4) is 11.5 Å². The Morgan fingerprint density at radius 3 is 2.67 bits per heavy atom. The SMILES string of the molecule is CNC(=O)c1cc(Oc2cc(NC(=O)[C@@H]3CC[C@H](CN)O3)ccc2C)ccn1.Cl.Cl. The molecule has 2 aromatic rings. The number of hydrogen-bond acceptors (Lipinski definition) is 6. The molecule has 3 rings (SSSR count). The van der Waals surface area contributed by atoms with E-state index in [0.29, 0.717) is 30.2 Å². The van der Waals surface area contributed by atoms with Crippen LogP contribution in [0.3, 0.4) is 0 Å². The molecule has 1 saturated heterocycles. The molecular formula is C20H26Cl2N4O4. The van der Waals surface area contributed by atoms with Crippen LogP contribution in [0.2, 0.25) is 0 Å². The average Bonchev–Trinajstić information content (AvgIpc) is 3.19. The van der Waals surface area contributed by atoms with Crippen LogP contribution in [-0.4, -0.2) is 42.6 Å². The predicted molar refractivity (Wildman–Crippen MR) is 119 cm³/mol. The van der Waals surface area contributed by atoms with Crippen LogP contribution in [0, 0.1) is 6.92 Å². The van der Waals surface area contributed by atoms with Crippen LogP contribution in [0.25, 0.3) is 0 Å². The van der Waals surface area contributed by atoms with Crippen molar-refractivity contribution in [2.24, 2.45) is 5.73 Å². The summed E-state index contributed by atoms with van der Waals surface area (Å²) in [4.78, 5) is 28.2. The number of aryl methyl sites for hydroxylation is 1. The Balaban J connectivity index is 0.00000225. The van der Waals surface area contributed by atoms with Gasteiger partial charge in [0, 0.05) is 37.6 Å². The second-order valence-corrected chi connectivity index (χ2v) is 6.59. The number of benzene rings is 1. The van der Waals surface area contributed by atoms with Gasteiger partial charge in [-0.05, 0) is 37.5 Å². The largest absolute Gasteiger partial charge is 0.457 e. The first-order chi connectivity index (χ1) is 13.5. The third-order valence-electron chi connectivity index (χ3n) is 4.54. The molecule has 0 aliphatic carbocycles. The van der Waals surface area contributed by atoms with Gasteiger partial charge in [-0.25, -0.2) is 0 Å². The van der Waals surface area contributed by atoms with E-state index in [-0.39, 0.29) is 48.4 Å². The van der Waals surface area contributed by atoms with E-state index >= 15 is 0 Å². The van der Waals surface area contributed by atoms with Gasteiger partial charge in [0.15, 0.2) is 0 Å². The molecule has 1 aromatic carbocycles. The smallest absolute Gasteiger partial charge is 0.269 e. The molecule has 2 amide bonds. The van der Waals surface area contributed by atoms with E-state index in [1.54, 1.807) is 24.3 Å². The monoisotopic (exact) mass is 456 g/mol. The van der Waals surface area contributed by atoms with Crippen molar-refractivity contribution >= 4 is 42.3 Å². The van der Waals surface area contributed by atoms with Crippen LogP contribution >= 0.6 is 24.8 Å². The third kappa shape index (κ3) is 6.30. The average molecular weight is 457 g/mol. The molecule has 164 valence electrons. The minimum Gasteiger partial charge on any atom is -0.457 e. The van der Waals surface area contributed by atoms with Gasteiger partial charge in [0.05, 0.1) is 6.10 Å². The number of carbonyl (C=O) groups excluding carboxylic acids is 2. The van der Waals surface area contributed by atoms with Crippen LogP contribution in [0.1, 0.15) is 28.9 Å². The maximum absolute atomic E-state index is 12.4. The van der Waals surface area contributed by atoms with Gasteiger partial charge in [0.2, 0.25) is 0 Å². The van der Waals surface area contributed by atoms with Gasteiger partial charge in [-0.3, -0.25) is 14.6 Å². The van der Waals surface area contributed by atoms with Gasteiger partial charge in [-0.2, -0.15) is 0 Å². The lowest BCUT2D eigenvalue weighted by Gasteiger charge is -2.15. The lowest BCUT2D eigenvalue weighted by Crippen LogP contribution is -2.29. The molecule has 1 aromatic heterocycles. The summed E-state index contributed by atoms with van der Waals surface area (Å²) in [7, 11) is 1.54. The van der Waals surface area contributed by atoms with Crippen molar-refractivity contribution in [1.29, 1.82) is 0 Å². The molecule has 0 unspecified atom stereocenters. The maximum Gasteiger partial charge on any atom is 0.269 e. The first kappa shape index (κ1) is 25.6. The number of nitrogens with one attached hydrogen (secondary N) is 2. The Hall–Kier alpha value is -2.39. The molecule has 8 nitrogen and oxygen atoms in total. The van der Waals surface area contributed by atoms with E-state index in [2.05, 4.69) is 15.6 Å². The number of pyridine rings is 1. The second-order valence-electron chi connectivity index (χ2n) is 6.59. The Labute approximate surface area is 187 Å². The highest BCUT2D eigenvalue weighted by atomic mass is 35.5. The van der Waals surface area contributed by atoms with Gasteiger partial charge < -0.3 is 25.8 Å². The zero-order chi connectivity index (χ0) is 20.1. The summed E-state index contributed by atoms with van der Waals surface area (Å²) >= 11 is 0. The highest BCUT2D eigenvalue weighted by molar-refractivity contribution is 5.94.